The van der Waals surface area contributed by atoms with Crippen LogP contribution in [0.25, 0.3) is 0 Å². The van der Waals surface area contributed by atoms with E-state index >= 15 is 0 Å². The second kappa shape index (κ2) is 24.4. The van der Waals surface area contributed by atoms with Crippen LogP contribution in [0.2, 0.25) is 0 Å². The van der Waals surface area contributed by atoms with Crippen LogP contribution in [0.1, 0.15) is 169 Å². The number of carbonyl (C=O) groups is 1. The lowest BCUT2D eigenvalue weighted by Crippen LogP contribution is -2.56. The third-order valence-corrected chi connectivity index (χ3v) is 8.18. The summed E-state index contributed by atoms with van der Waals surface area (Å²) in [5, 5.41) is 0. The Morgan fingerprint density at radius 3 is 1.19 bits per heavy atom. The number of primary amides is 1. The van der Waals surface area contributed by atoms with Gasteiger partial charge < -0.3 is 20.9 Å². The second-order valence-electron chi connectivity index (χ2n) is 11.6. The number of nitrogens with two attached hydrogens (primary N) is 2. The molecule has 0 aromatic carbocycles. The van der Waals surface area contributed by atoms with Crippen LogP contribution in [0.3, 0.4) is 0 Å². The summed E-state index contributed by atoms with van der Waals surface area (Å²) in [6.07, 6.45) is 26.9. The van der Waals surface area contributed by atoms with Crippen molar-refractivity contribution in [1.82, 2.24) is 0 Å². The first kappa shape index (κ1) is 36.4. The van der Waals surface area contributed by atoms with Crippen molar-refractivity contribution in [3.8, 4) is 0 Å². The van der Waals surface area contributed by atoms with Gasteiger partial charge in [0.25, 0.3) is 0 Å². The Bertz CT molecular complexity index is 488. The van der Waals surface area contributed by atoms with Crippen LogP contribution in [0.5, 0.6) is 0 Å². The summed E-state index contributed by atoms with van der Waals surface area (Å²) in [5.41, 5.74) is 10.8. The maximum Gasteiger partial charge on any atom is 0.228 e. The molecule has 1 amide bonds. The van der Waals surface area contributed by atoms with Gasteiger partial charge in [-0.2, -0.15) is 0 Å². The van der Waals surface area contributed by atoms with Gasteiger partial charge in [-0.05, 0) is 46.1 Å². The number of rotatable bonds is 29. The minimum absolute atomic E-state index is 0.366. The van der Waals surface area contributed by atoms with E-state index in [9.17, 15) is 4.79 Å². The Balaban J connectivity index is 4.45. The van der Waals surface area contributed by atoms with Gasteiger partial charge in [-0.15, -0.1) is 0 Å². The number of amides is 1. The van der Waals surface area contributed by atoms with Crippen LogP contribution < -0.4 is 11.5 Å². The molecular formula is C32H66N2O3. The fourth-order valence-corrected chi connectivity index (χ4v) is 5.10. The summed E-state index contributed by atoms with van der Waals surface area (Å²) in [7, 11) is 0. The molecule has 0 aromatic rings. The van der Waals surface area contributed by atoms with Crippen LogP contribution in [-0.4, -0.2) is 31.5 Å². The zero-order valence-corrected chi connectivity index (χ0v) is 25.6. The number of hydrogen-bond acceptors (Lipinski definition) is 4. The predicted octanol–water partition coefficient (Wildman–Crippen LogP) is 8.81. The molecule has 0 saturated heterocycles. The number of hydrogen-bond donors (Lipinski definition) is 2. The van der Waals surface area contributed by atoms with Crippen molar-refractivity contribution in [1.29, 1.82) is 0 Å². The Morgan fingerprint density at radius 2 is 0.892 bits per heavy atom. The van der Waals surface area contributed by atoms with Gasteiger partial charge in [0.2, 0.25) is 5.91 Å². The average molecular weight is 527 g/mol. The van der Waals surface area contributed by atoms with Crippen molar-refractivity contribution in [3.05, 3.63) is 0 Å². The highest BCUT2D eigenvalue weighted by molar-refractivity contribution is 5.81. The quantitative estimate of drug-likeness (QED) is 0.0752. The molecule has 0 heterocycles. The van der Waals surface area contributed by atoms with Gasteiger partial charge in [-0.1, -0.05) is 129 Å². The van der Waals surface area contributed by atoms with Gasteiger partial charge in [0.05, 0.1) is 18.6 Å². The van der Waals surface area contributed by atoms with E-state index in [-0.39, 0.29) is 5.91 Å². The maximum absolute atomic E-state index is 12.6. The standard InChI is InChI=1S/C32H66N2O3/c1-5-7-9-11-13-15-17-19-21-23-28-36-32(4,31(3,30(34)35)26-25-27-33)37-29-24-22-20-18-16-14-12-10-8-6-2/h5-29,33H2,1-4H3,(H2,34,35). The van der Waals surface area contributed by atoms with E-state index in [0.29, 0.717) is 26.2 Å². The highest BCUT2D eigenvalue weighted by Crippen LogP contribution is 2.40. The van der Waals surface area contributed by atoms with Crippen molar-refractivity contribution >= 4 is 5.91 Å². The van der Waals surface area contributed by atoms with Crippen molar-refractivity contribution in [3.63, 3.8) is 0 Å². The van der Waals surface area contributed by atoms with Crippen LogP contribution in [0.4, 0.5) is 0 Å². The Hall–Kier alpha value is -0.650. The van der Waals surface area contributed by atoms with E-state index in [1.165, 1.54) is 103 Å². The largest absolute Gasteiger partial charge is 0.369 e. The highest BCUT2D eigenvalue weighted by atomic mass is 16.7. The van der Waals surface area contributed by atoms with Crippen LogP contribution in [0.15, 0.2) is 0 Å². The van der Waals surface area contributed by atoms with Crippen LogP contribution in [0, 0.1) is 5.41 Å². The van der Waals surface area contributed by atoms with Gasteiger partial charge in [0.1, 0.15) is 0 Å². The molecule has 0 bridgehead atoms. The summed E-state index contributed by atoms with van der Waals surface area (Å²) in [5.74, 6) is -1.39. The molecule has 0 fully saturated rings. The molecule has 4 N–H and O–H groups in total. The average Bonchev–Trinajstić information content (AvgIpc) is 2.88. The number of ether oxygens (including phenoxy) is 2. The van der Waals surface area contributed by atoms with E-state index < -0.39 is 11.2 Å². The highest BCUT2D eigenvalue weighted by Gasteiger charge is 2.51. The molecule has 0 spiro atoms. The molecule has 0 aromatic heterocycles. The number of carbonyl (C=O) groups excluding carboxylic acids is 1. The molecule has 37 heavy (non-hydrogen) atoms. The zero-order chi connectivity index (χ0) is 27.7. The minimum atomic E-state index is -1.02. The predicted molar refractivity (Wildman–Crippen MR) is 160 cm³/mol. The molecule has 5 heteroatoms. The molecule has 5 nitrogen and oxygen atoms in total. The summed E-state index contributed by atoms with van der Waals surface area (Å²) >= 11 is 0. The Kier molecular flexibility index (Phi) is 24.0. The van der Waals surface area contributed by atoms with Crippen molar-refractivity contribution < 1.29 is 14.3 Å². The van der Waals surface area contributed by atoms with E-state index in [1.54, 1.807) is 0 Å². The lowest BCUT2D eigenvalue weighted by atomic mass is 9.76. The van der Waals surface area contributed by atoms with Crippen molar-refractivity contribution in [2.75, 3.05) is 19.8 Å². The third-order valence-electron chi connectivity index (χ3n) is 8.18. The molecule has 0 radical (unpaired) electrons. The Morgan fingerprint density at radius 1 is 0.568 bits per heavy atom. The molecule has 0 rings (SSSR count). The first-order valence-electron chi connectivity index (χ1n) is 16.2. The fraction of sp³-hybridized carbons (Fsp3) is 0.969. The SMILES string of the molecule is CCCCCCCCCCCCOC(C)(OCCCCCCCCCCCC)C(C)(CCCN)C(N)=O. The van der Waals surface area contributed by atoms with Crippen LogP contribution in [-0.2, 0) is 14.3 Å². The molecule has 0 aliphatic heterocycles. The topological polar surface area (TPSA) is 87.6 Å². The molecular weight excluding hydrogens is 460 g/mol. The Labute approximate surface area is 231 Å². The smallest absolute Gasteiger partial charge is 0.228 e. The lowest BCUT2D eigenvalue weighted by molar-refractivity contribution is -0.280. The summed E-state index contributed by atoms with van der Waals surface area (Å²) in [4.78, 5) is 12.6. The molecule has 222 valence electrons. The van der Waals surface area contributed by atoms with Gasteiger partial charge in [-0.3, -0.25) is 4.79 Å². The van der Waals surface area contributed by atoms with Gasteiger partial charge >= 0.3 is 0 Å². The van der Waals surface area contributed by atoms with Crippen LogP contribution >= 0.6 is 0 Å². The van der Waals surface area contributed by atoms with Crippen molar-refractivity contribution in [2.45, 2.75) is 175 Å². The summed E-state index contributed by atoms with van der Waals surface area (Å²) in [6, 6.07) is 0. The summed E-state index contributed by atoms with van der Waals surface area (Å²) in [6.45, 7) is 10.0. The molecule has 0 saturated carbocycles. The maximum atomic E-state index is 12.6. The molecule has 1 unspecified atom stereocenters. The van der Waals surface area contributed by atoms with E-state index in [2.05, 4.69) is 13.8 Å². The van der Waals surface area contributed by atoms with E-state index in [1.807, 2.05) is 13.8 Å². The van der Waals surface area contributed by atoms with Gasteiger partial charge in [0, 0.05) is 0 Å². The monoisotopic (exact) mass is 527 g/mol. The van der Waals surface area contributed by atoms with E-state index in [4.69, 9.17) is 20.9 Å². The second-order valence-corrected chi connectivity index (χ2v) is 11.6. The van der Waals surface area contributed by atoms with E-state index in [0.717, 1.165) is 32.1 Å². The lowest BCUT2D eigenvalue weighted by Gasteiger charge is -2.44. The fourth-order valence-electron chi connectivity index (χ4n) is 5.10. The normalized spacial score (nSPS) is 13.6. The zero-order valence-electron chi connectivity index (χ0n) is 25.6. The first-order chi connectivity index (χ1) is 17.9. The minimum Gasteiger partial charge on any atom is -0.369 e. The molecule has 0 aliphatic rings. The summed E-state index contributed by atoms with van der Waals surface area (Å²) < 4.78 is 12.7. The third kappa shape index (κ3) is 17.5. The van der Waals surface area contributed by atoms with Crippen molar-refractivity contribution in [2.24, 2.45) is 16.9 Å². The number of unbranched alkanes of at least 4 members (excludes halogenated alkanes) is 18. The molecule has 1 atom stereocenters. The molecule has 0 aliphatic carbocycles. The first-order valence-corrected chi connectivity index (χ1v) is 16.2. The van der Waals surface area contributed by atoms with Gasteiger partial charge in [-0.25, -0.2) is 0 Å². The van der Waals surface area contributed by atoms with Gasteiger partial charge in [0.15, 0.2) is 5.79 Å².